The normalized spacial score (nSPS) is 12.9. The Morgan fingerprint density at radius 3 is 2.79 bits per heavy atom. The van der Waals surface area contributed by atoms with Crippen LogP contribution in [0.3, 0.4) is 0 Å². The van der Waals surface area contributed by atoms with E-state index in [0.717, 1.165) is 62.9 Å². The maximum absolute atomic E-state index is 5.58. The highest BCUT2D eigenvalue weighted by atomic mass is 127. The zero-order chi connectivity index (χ0) is 19.2. The fourth-order valence-electron chi connectivity index (χ4n) is 3.52. The zero-order valence-electron chi connectivity index (χ0n) is 17.3. The summed E-state index contributed by atoms with van der Waals surface area (Å²) in [5.74, 6) is 1.92. The van der Waals surface area contributed by atoms with Gasteiger partial charge in [0.1, 0.15) is 5.75 Å². The Bertz CT molecular complexity index is 815. The van der Waals surface area contributed by atoms with Gasteiger partial charge in [-0.2, -0.15) is 5.10 Å². The number of guanidine groups is 1. The van der Waals surface area contributed by atoms with Gasteiger partial charge in [0.15, 0.2) is 5.96 Å². The standard InChI is InChI=1S/C21H31N5O.HI/c1-5-22-21(24-12-9-19-15(2)25-26(4)16(19)3)23-11-8-17-6-7-20-18(14-17)10-13-27-20;/h6-7,14H,5,8-13H2,1-4H3,(H2,22,23,24);1H. The first-order valence-corrected chi connectivity index (χ1v) is 9.84. The van der Waals surface area contributed by atoms with Gasteiger partial charge in [-0.05, 0) is 56.4 Å². The first-order valence-electron chi connectivity index (χ1n) is 9.84. The summed E-state index contributed by atoms with van der Waals surface area (Å²) < 4.78 is 7.52. The topological polar surface area (TPSA) is 63.5 Å². The first kappa shape index (κ1) is 22.5. The lowest BCUT2D eigenvalue weighted by Crippen LogP contribution is -2.38. The van der Waals surface area contributed by atoms with Crippen molar-refractivity contribution in [3.05, 3.63) is 46.3 Å². The van der Waals surface area contributed by atoms with Crippen LogP contribution in [0.5, 0.6) is 5.75 Å². The van der Waals surface area contributed by atoms with Crippen LogP contribution < -0.4 is 15.4 Å². The number of fused-ring (bicyclic) bond motifs is 1. The van der Waals surface area contributed by atoms with Crippen LogP contribution in [0.15, 0.2) is 23.2 Å². The van der Waals surface area contributed by atoms with E-state index < -0.39 is 0 Å². The largest absolute Gasteiger partial charge is 0.493 e. The quantitative estimate of drug-likeness (QED) is 0.351. The number of rotatable bonds is 7. The lowest BCUT2D eigenvalue weighted by molar-refractivity contribution is 0.357. The molecule has 0 spiro atoms. The van der Waals surface area contributed by atoms with Crippen LogP contribution in [0.2, 0.25) is 0 Å². The van der Waals surface area contributed by atoms with Crippen LogP contribution in [0, 0.1) is 13.8 Å². The number of aromatic nitrogens is 2. The molecule has 0 radical (unpaired) electrons. The van der Waals surface area contributed by atoms with Crippen LogP contribution in [-0.4, -0.2) is 42.0 Å². The second-order valence-corrected chi connectivity index (χ2v) is 7.00. The van der Waals surface area contributed by atoms with Gasteiger partial charge in [-0.3, -0.25) is 9.67 Å². The average Bonchev–Trinajstić information content (AvgIpc) is 3.20. The van der Waals surface area contributed by atoms with Crippen molar-refractivity contribution in [1.29, 1.82) is 0 Å². The van der Waals surface area contributed by atoms with Crippen molar-refractivity contribution in [2.24, 2.45) is 12.0 Å². The van der Waals surface area contributed by atoms with Gasteiger partial charge in [0.2, 0.25) is 0 Å². The summed E-state index contributed by atoms with van der Waals surface area (Å²) in [5, 5.41) is 11.3. The van der Waals surface area contributed by atoms with Gasteiger partial charge in [-0.15, -0.1) is 24.0 Å². The molecule has 0 saturated carbocycles. The number of hydrogen-bond acceptors (Lipinski definition) is 3. The van der Waals surface area contributed by atoms with Gasteiger partial charge in [-0.25, -0.2) is 0 Å². The molecular formula is C21H32IN5O. The van der Waals surface area contributed by atoms with E-state index >= 15 is 0 Å². The molecule has 0 bridgehead atoms. The SMILES string of the molecule is CCNC(=NCCc1c(C)nn(C)c1C)NCCc1ccc2c(c1)CCO2.I. The van der Waals surface area contributed by atoms with Gasteiger partial charge >= 0.3 is 0 Å². The van der Waals surface area contributed by atoms with Gasteiger partial charge in [-0.1, -0.05) is 12.1 Å². The molecule has 7 heteroatoms. The molecule has 0 fully saturated rings. The summed E-state index contributed by atoms with van der Waals surface area (Å²) in [5.41, 5.74) is 6.29. The highest BCUT2D eigenvalue weighted by Gasteiger charge is 2.12. The van der Waals surface area contributed by atoms with E-state index in [9.17, 15) is 0 Å². The van der Waals surface area contributed by atoms with Crippen LogP contribution >= 0.6 is 24.0 Å². The molecular weight excluding hydrogens is 465 g/mol. The summed E-state index contributed by atoms with van der Waals surface area (Å²) in [6.07, 6.45) is 2.90. The molecule has 0 atom stereocenters. The molecule has 154 valence electrons. The van der Waals surface area contributed by atoms with E-state index in [0.29, 0.717) is 0 Å². The predicted molar refractivity (Wildman–Crippen MR) is 125 cm³/mol. The van der Waals surface area contributed by atoms with Crippen molar-refractivity contribution in [3.63, 3.8) is 0 Å². The highest BCUT2D eigenvalue weighted by Crippen LogP contribution is 2.25. The molecule has 2 N–H and O–H groups in total. The van der Waals surface area contributed by atoms with Crippen LogP contribution in [-0.2, 0) is 26.3 Å². The Labute approximate surface area is 185 Å². The summed E-state index contributed by atoms with van der Waals surface area (Å²) in [6.45, 7) is 9.54. The number of hydrogen-bond donors (Lipinski definition) is 2. The molecule has 28 heavy (non-hydrogen) atoms. The Kier molecular flexibility index (Phi) is 8.59. The Balaban J connectivity index is 0.00000280. The van der Waals surface area contributed by atoms with Gasteiger partial charge in [0, 0.05) is 38.8 Å². The smallest absolute Gasteiger partial charge is 0.191 e. The Morgan fingerprint density at radius 1 is 1.25 bits per heavy atom. The maximum atomic E-state index is 5.58. The number of nitrogens with zero attached hydrogens (tertiary/aromatic N) is 3. The molecule has 1 aliphatic heterocycles. The third-order valence-corrected chi connectivity index (χ3v) is 5.09. The minimum atomic E-state index is 0. The molecule has 6 nitrogen and oxygen atoms in total. The predicted octanol–water partition coefficient (Wildman–Crippen LogP) is 2.93. The number of benzene rings is 1. The van der Waals surface area contributed by atoms with E-state index in [-0.39, 0.29) is 24.0 Å². The first-order chi connectivity index (χ1) is 13.1. The van der Waals surface area contributed by atoms with Crippen LogP contribution in [0.25, 0.3) is 0 Å². The third-order valence-electron chi connectivity index (χ3n) is 5.09. The number of ether oxygens (including phenoxy) is 1. The van der Waals surface area contributed by atoms with Crippen molar-refractivity contribution in [2.45, 2.75) is 40.0 Å². The lowest BCUT2D eigenvalue weighted by atomic mass is 10.1. The summed E-state index contributed by atoms with van der Waals surface area (Å²) in [6, 6.07) is 6.52. The average molecular weight is 497 g/mol. The molecule has 0 aliphatic carbocycles. The molecule has 2 aromatic rings. The minimum Gasteiger partial charge on any atom is -0.493 e. The molecule has 0 amide bonds. The summed E-state index contributed by atoms with van der Waals surface area (Å²) >= 11 is 0. The molecule has 2 heterocycles. The lowest BCUT2D eigenvalue weighted by Gasteiger charge is -2.12. The number of aliphatic imine (C=N–C) groups is 1. The molecule has 1 aromatic carbocycles. The summed E-state index contributed by atoms with van der Waals surface area (Å²) in [4.78, 5) is 4.73. The molecule has 3 rings (SSSR count). The van der Waals surface area contributed by atoms with Crippen molar-refractivity contribution in [2.75, 3.05) is 26.2 Å². The monoisotopic (exact) mass is 497 g/mol. The van der Waals surface area contributed by atoms with Gasteiger partial charge in [0.05, 0.1) is 12.3 Å². The molecule has 1 aromatic heterocycles. The van der Waals surface area contributed by atoms with E-state index in [1.807, 2.05) is 11.7 Å². The van der Waals surface area contributed by atoms with Gasteiger partial charge < -0.3 is 15.4 Å². The van der Waals surface area contributed by atoms with Gasteiger partial charge in [0.25, 0.3) is 0 Å². The highest BCUT2D eigenvalue weighted by molar-refractivity contribution is 14.0. The molecule has 0 unspecified atom stereocenters. The third kappa shape index (κ3) is 5.62. The second kappa shape index (κ2) is 10.7. The zero-order valence-corrected chi connectivity index (χ0v) is 19.7. The second-order valence-electron chi connectivity index (χ2n) is 7.00. The number of halogens is 1. The fraction of sp³-hybridized carbons (Fsp3) is 0.524. The van der Waals surface area contributed by atoms with Crippen molar-refractivity contribution < 1.29 is 4.74 Å². The van der Waals surface area contributed by atoms with Crippen molar-refractivity contribution in [3.8, 4) is 5.75 Å². The molecule has 0 saturated heterocycles. The Hall–Kier alpha value is -1.77. The van der Waals surface area contributed by atoms with Crippen molar-refractivity contribution in [1.82, 2.24) is 20.4 Å². The molecule has 1 aliphatic rings. The van der Waals surface area contributed by atoms with Crippen LogP contribution in [0.4, 0.5) is 0 Å². The van der Waals surface area contributed by atoms with Crippen molar-refractivity contribution >= 4 is 29.9 Å². The van der Waals surface area contributed by atoms with E-state index in [1.165, 1.54) is 22.4 Å². The number of nitrogens with one attached hydrogen (secondary N) is 2. The van der Waals surface area contributed by atoms with E-state index in [2.05, 4.69) is 54.7 Å². The van der Waals surface area contributed by atoms with E-state index in [1.54, 1.807) is 0 Å². The van der Waals surface area contributed by atoms with Crippen LogP contribution in [0.1, 0.15) is 35.0 Å². The maximum Gasteiger partial charge on any atom is 0.191 e. The Morgan fingerprint density at radius 2 is 2.07 bits per heavy atom. The summed E-state index contributed by atoms with van der Waals surface area (Å²) in [7, 11) is 1.99. The fourth-order valence-corrected chi connectivity index (χ4v) is 3.52. The number of aryl methyl sites for hydroxylation is 2. The minimum absolute atomic E-state index is 0. The van der Waals surface area contributed by atoms with E-state index in [4.69, 9.17) is 9.73 Å².